The van der Waals surface area contributed by atoms with Crippen LogP contribution in [0.15, 0.2) is 71.3 Å². The predicted molar refractivity (Wildman–Crippen MR) is 101 cm³/mol. The van der Waals surface area contributed by atoms with Crippen LogP contribution in [0.2, 0.25) is 0 Å². The summed E-state index contributed by atoms with van der Waals surface area (Å²) >= 11 is 0. The molecule has 0 saturated carbocycles. The average Bonchev–Trinajstić information content (AvgIpc) is 3.16. The Morgan fingerprint density at radius 1 is 1.11 bits per heavy atom. The van der Waals surface area contributed by atoms with E-state index in [1.165, 1.54) is 13.2 Å². The average molecular weight is 367 g/mol. The Kier molecular flexibility index (Phi) is 6.12. The van der Waals surface area contributed by atoms with E-state index in [2.05, 4.69) is 5.32 Å². The molecule has 1 unspecified atom stereocenters. The fourth-order valence-corrected chi connectivity index (χ4v) is 2.50. The van der Waals surface area contributed by atoms with E-state index < -0.39 is 0 Å². The normalized spacial score (nSPS) is 11.6. The summed E-state index contributed by atoms with van der Waals surface area (Å²) in [7, 11) is 0. The van der Waals surface area contributed by atoms with Crippen molar-refractivity contribution in [3.8, 4) is 11.5 Å². The first-order chi connectivity index (χ1) is 13.1. The van der Waals surface area contributed by atoms with Crippen molar-refractivity contribution in [1.82, 2.24) is 0 Å². The van der Waals surface area contributed by atoms with E-state index in [1.54, 1.807) is 6.07 Å². The molecule has 0 amide bonds. The van der Waals surface area contributed by atoms with E-state index in [-0.39, 0.29) is 25.2 Å². The van der Waals surface area contributed by atoms with Crippen molar-refractivity contribution < 1.29 is 23.8 Å². The van der Waals surface area contributed by atoms with Gasteiger partial charge in [-0.2, -0.15) is 0 Å². The molecule has 3 aromatic rings. The molecule has 6 nitrogen and oxygen atoms in total. The lowest BCUT2D eigenvalue weighted by Gasteiger charge is -2.18. The molecule has 6 heteroatoms. The number of aliphatic hydroxyl groups excluding tert-OH is 1. The van der Waals surface area contributed by atoms with Gasteiger partial charge in [-0.1, -0.05) is 18.2 Å². The number of hydrogen-bond acceptors (Lipinski definition) is 6. The number of ether oxygens (including phenoxy) is 2. The van der Waals surface area contributed by atoms with Gasteiger partial charge in [-0.15, -0.1) is 0 Å². The number of carbonyl (C=O) groups excluding carboxylic acids is 1. The molecule has 0 bridgehead atoms. The molecule has 27 heavy (non-hydrogen) atoms. The van der Waals surface area contributed by atoms with Gasteiger partial charge in [0.05, 0.1) is 12.9 Å². The number of aliphatic hydroxyl groups is 1. The van der Waals surface area contributed by atoms with E-state index in [0.717, 1.165) is 11.4 Å². The van der Waals surface area contributed by atoms with Crippen LogP contribution in [0.1, 0.15) is 24.3 Å². The summed E-state index contributed by atoms with van der Waals surface area (Å²) in [4.78, 5) is 11.2. The second-order valence-corrected chi connectivity index (χ2v) is 5.95. The monoisotopic (exact) mass is 367 g/mol. The number of hydrogen-bond donors (Lipinski definition) is 2. The minimum Gasteiger partial charge on any atom is -0.467 e. The second kappa shape index (κ2) is 8.91. The molecular weight excluding hydrogens is 346 g/mol. The molecule has 3 rings (SSSR count). The van der Waals surface area contributed by atoms with Crippen LogP contribution in [-0.4, -0.2) is 17.7 Å². The van der Waals surface area contributed by atoms with Crippen molar-refractivity contribution in [2.75, 3.05) is 11.9 Å². The van der Waals surface area contributed by atoms with E-state index >= 15 is 0 Å². The molecule has 0 radical (unpaired) electrons. The van der Waals surface area contributed by atoms with Crippen LogP contribution in [0.5, 0.6) is 11.5 Å². The molecule has 2 aromatic carbocycles. The molecule has 1 heterocycles. The third-order valence-electron chi connectivity index (χ3n) is 3.83. The fraction of sp³-hybridized carbons (Fsp3) is 0.190. The van der Waals surface area contributed by atoms with Crippen LogP contribution in [0, 0.1) is 0 Å². The molecule has 0 fully saturated rings. The zero-order chi connectivity index (χ0) is 19.1. The van der Waals surface area contributed by atoms with E-state index in [1.807, 2.05) is 54.6 Å². The Bertz CT molecular complexity index is 858. The summed E-state index contributed by atoms with van der Waals surface area (Å²) in [6, 6.07) is 18.3. The van der Waals surface area contributed by atoms with Gasteiger partial charge in [0.1, 0.15) is 29.9 Å². The molecule has 0 saturated heterocycles. The van der Waals surface area contributed by atoms with Gasteiger partial charge in [-0.3, -0.25) is 4.79 Å². The second-order valence-electron chi connectivity index (χ2n) is 5.95. The highest BCUT2D eigenvalue weighted by Crippen LogP contribution is 2.26. The summed E-state index contributed by atoms with van der Waals surface area (Å²) in [6.07, 6.45) is 1.48. The SMILES string of the molecule is CC(=O)OCC(Nc1ccc(Oc2ccccc2)cc1)c1cc(CO)co1. The number of carbonyl (C=O) groups is 1. The van der Waals surface area contributed by atoms with Gasteiger partial charge in [0.15, 0.2) is 0 Å². The Hall–Kier alpha value is -3.25. The number of anilines is 1. The summed E-state index contributed by atoms with van der Waals surface area (Å²) in [6.45, 7) is 1.35. The van der Waals surface area contributed by atoms with E-state index in [0.29, 0.717) is 17.1 Å². The van der Waals surface area contributed by atoms with Crippen LogP contribution in [0.4, 0.5) is 5.69 Å². The van der Waals surface area contributed by atoms with Crippen LogP contribution >= 0.6 is 0 Å². The van der Waals surface area contributed by atoms with Gasteiger partial charge in [0, 0.05) is 18.2 Å². The fourth-order valence-electron chi connectivity index (χ4n) is 2.50. The highest BCUT2D eigenvalue weighted by molar-refractivity contribution is 5.66. The summed E-state index contributed by atoms with van der Waals surface area (Å²) in [5, 5.41) is 12.5. The zero-order valence-electron chi connectivity index (χ0n) is 14.9. The number of esters is 1. The van der Waals surface area contributed by atoms with Crippen LogP contribution in [0.3, 0.4) is 0 Å². The highest BCUT2D eigenvalue weighted by atomic mass is 16.5. The van der Waals surface area contributed by atoms with Crippen molar-refractivity contribution in [3.63, 3.8) is 0 Å². The van der Waals surface area contributed by atoms with Gasteiger partial charge in [-0.05, 0) is 42.5 Å². The van der Waals surface area contributed by atoms with Gasteiger partial charge < -0.3 is 24.3 Å². The third kappa shape index (κ3) is 5.36. The number of furan rings is 1. The molecule has 0 aliphatic carbocycles. The lowest BCUT2D eigenvalue weighted by atomic mass is 10.2. The summed E-state index contributed by atoms with van der Waals surface area (Å²) < 4.78 is 16.4. The maximum atomic E-state index is 11.2. The molecular formula is C21H21NO5. The molecule has 140 valence electrons. The van der Waals surface area contributed by atoms with Gasteiger partial charge in [0.25, 0.3) is 0 Å². The van der Waals surface area contributed by atoms with Crippen LogP contribution in [0.25, 0.3) is 0 Å². The maximum Gasteiger partial charge on any atom is 0.302 e. The van der Waals surface area contributed by atoms with Gasteiger partial charge >= 0.3 is 5.97 Å². The summed E-state index contributed by atoms with van der Waals surface area (Å²) in [5.74, 6) is 1.68. The van der Waals surface area contributed by atoms with Gasteiger partial charge in [-0.25, -0.2) is 0 Å². The number of rotatable bonds is 8. The smallest absolute Gasteiger partial charge is 0.302 e. The van der Waals surface area contributed by atoms with E-state index in [9.17, 15) is 9.90 Å². The van der Waals surface area contributed by atoms with Gasteiger partial charge in [0.2, 0.25) is 0 Å². The van der Waals surface area contributed by atoms with Crippen LogP contribution in [-0.2, 0) is 16.1 Å². The van der Waals surface area contributed by atoms with E-state index in [4.69, 9.17) is 13.9 Å². The summed E-state index contributed by atoms with van der Waals surface area (Å²) in [5.41, 5.74) is 1.47. The van der Waals surface area contributed by atoms with Crippen molar-refractivity contribution in [2.45, 2.75) is 19.6 Å². The minimum atomic E-state index is -0.380. The largest absolute Gasteiger partial charge is 0.467 e. The Labute approximate surface area is 157 Å². The molecule has 0 spiro atoms. The first-order valence-corrected chi connectivity index (χ1v) is 8.55. The highest BCUT2D eigenvalue weighted by Gasteiger charge is 2.17. The number of benzene rings is 2. The zero-order valence-corrected chi connectivity index (χ0v) is 14.9. The number of para-hydroxylation sites is 1. The first kappa shape index (κ1) is 18.5. The third-order valence-corrected chi connectivity index (χ3v) is 3.83. The van der Waals surface area contributed by atoms with Crippen molar-refractivity contribution in [2.24, 2.45) is 0 Å². The van der Waals surface area contributed by atoms with Crippen molar-refractivity contribution in [3.05, 3.63) is 78.3 Å². The molecule has 1 atom stereocenters. The standard InChI is InChI=1S/C21H21NO5/c1-15(24)25-14-20(21-11-16(12-23)13-26-21)22-17-7-9-19(10-8-17)27-18-5-3-2-4-6-18/h2-11,13,20,22-23H,12,14H2,1H3. The molecule has 1 aromatic heterocycles. The van der Waals surface area contributed by atoms with Crippen molar-refractivity contribution >= 4 is 11.7 Å². The first-order valence-electron chi connectivity index (χ1n) is 8.55. The lowest BCUT2D eigenvalue weighted by molar-refractivity contribution is -0.141. The predicted octanol–water partition coefficient (Wildman–Crippen LogP) is 4.28. The molecule has 0 aliphatic rings. The van der Waals surface area contributed by atoms with Crippen LogP contribution < -0.4 is 10.1 Å². The Balaban J connectivity index is 1.69. The lowest BCUT2D eigenvalue weighted by Crippen LogP contribution is -2.18. The maximum absolute atomic E-state index is 11.2. The molecule has 2 N–H and O–H groups in total. The van der Waals surface area contributed by atoms with Crippen molar-refractivity contribution in [1.29, 1.82) is 0 Å². The Morgan fingerprint density at radius 3 is 2.44 bits per heavy atom. The number of nitrogens with one attached hydrogen (secondary N) is 1. The minimum absolute atomic E-state index is 0.107. The quantitative estimate of drug-likeness (QED) is 0.579. The topological polar surface area (TPSA) is 80.9 Å². The Morgan fingerprint density at radius 2 is 1.81 bits per heavy atom. The molecule has 0 aliphatic heterocycles.